The maximum absolute atomic E-state index is 13.2. The molecular weight excluding hydrogens is 369 g/mol. The third-order valence-corrected chi connectivity index (χ3v) is 4.17. The van der Waals surface area contributed by atoms with Gasteiger partial charge >= 0.3 is 0 Å². The van der Waals surface area contributed by atoms with Gasteiger partial charge in [0.1, 0.15) is 11.5 Å². The van der Waals surface area contributed by atoms with Gasteiger partial charge in [-0.3, -0.25) is 14.6 Å². The van der Waals surface area contributed by atoms with E-state index in [-0.39, 0.29) is 11.3 Å². The average molecular weight is 384 g/mol. The Morgan fingerprint density at radius 1 is 0.963 bits per heavy atom. The van der Waals surface area contributed by atoms with Gasteiger partial charge in [0.25, 0.3) is 11.8 Å². The van der Waals surface area contributed by atoms with Gasteiger partial charge in [0.05, 0.1) is 0 Å². The average Bonchev–Trinajstić information content (AvgIpc) is 2.65. The molecule has 3 rings (SSSR count). The van der Waals surface area contributed by atoms with Crippen LogP contribution in [0.2, 0.25) is 5.02 Å². The molecule has 1 heterocycles. The van der Waals surface area contributed by atoms with Crippen LogP contribution < -0.4 is 10.6 Å². The van der Waals surface area contributed by atoms with Gasteiger partial charge in [-0.25, -0.2) is 4.39 Å². The van der Waals surface area contributed by atoms with Gasteiger partial charge in [-0.2, -0.15) is 0 Å². The Hall–Kier alpha value is -3.25. The number of rotatable bonds is 4. The minimum Gasteiger partial charge on any atom is -0.322 e. The van der Waals surface area contributed by atoms with Crippen LogP contribution in [-0.2, 0) is 0 Å². The molecule has 0 fully saturated rings. The highest BCUT2D eigenvalue weighted by atomic mass is 35.5. The highest BCUT2D eigenvalue weighted by molar-refractivity contribution is 6.31. The maximum Gasteiger partial charge on any atom is 0.274 e. The van der Waals surface area contributed by atoms with Gasteiger partial charge in [0.2, 0.25) is 0 Å². The lowest BCUT2D eigenvalue weighted by atomic mass is 10.2. The van der Waals surface area contributed by atoms with E-state index >= 15 is 0 Å². The van der Waals surface area contributed by atoms with Gasteiger partial charge in [0, 0.05) is 28.2 Å². The van der Waals surface area contributed by atoms with E-state index in [0.29, 0.717) is 16.4 Å². The van der Waals surface area contributed by atoms with Crippen molar-refractivity contribution in [2.75, 3.05) is 10.6 Å². The number of aryl methyl sites for hydroxylation is 1. The summed E-state index contributed by atoms with van der Waals surface area (Å²) >= 11 is 6.05. The fourth-order valence-corrected chi connectivity index (χ4v) is 2.51. The monoisotopic (exact) mass is 383 g/mol. The Morgan fingerprint density at radius 3 is 2.44 bits per heavy atom. The fraction of sp³-hybridized carbons (Fsp3) is 0.0500. The van der Waals surface area contributed by atoms with Gasteiger partial charge in [-0.05, 0) is 55.0 Å². The first-order chi connectivity index (χ1) is 12.9. The van der Waals surface area contributed by atoms with Crippen molar-refractivity contribution in [3.8, 4) is 0 Å². The number of anilines is 2. The number of carbonyl (C=O) groups excluding carboxylic acids is 2. The van der Waals surface area contributed by atoms with Crippen molar-refractivity contribution in [3.63, 3.8) is 0 Å². The molecule has 0 saturated heterocycles. The Kier molecular flexibility index (Phi) is 5.47. The molecule has 0 spiro atoms. The van der Waals surface area contributed by atoms with Crippen LogP contribution in [-0.4, -0.2) is 16.8 Å². The largest absolute Gasteiger partial charge is 0.322 e. The second kappa shape index (κ2) is 7.97. The molecule has 0 aliphatic rings. The zero-order valence-corrected chi connectivity index (χ0v) is 15.0. The van der Waals surface area contributed by atoms with Gasteiger partial charge < -0.3 is 10.6 Å². The standard InChI is InChI=1S/C20H15ClFN3O2/c1-12-5-6-16(11-17(12)21)25-20(27)18-9-13(7-8-23-18)19(26)24-15-4-2-3-14(22)10-15/h2-11H,1H3,(H,24,26)(H,25,27). The minimum absolute atomic E-state index is 0.0681. The summed E-state index contributed by atoms with van der Waals surface area (Å²) in [6.45, 7) is 1.86. The molecule has 0 unspecified atom stereocenters. The highest BCUT2D eigenvalue weighted by Gasteiger charge is 2.13. The first-order valence-corrected chi connectivity index (χ1v) is 8.40. The lowest BCUT2D eigenvalue weighted by Gasteiger charge is -2.08. The molecule has 0 bridgehead atoms. The summed E-state index contributed by atoms with van der Waals surface area (Å²) in [5.74, 6) is -1.41. The van der Waals surface area contributed by atoms with Crippen LogP contribution in [0, 0.1) is 12.7 Å². The van der Waals surface area contributed by atoms with Crippen LogP contribution in [0.5, 0.6) is 0 Å². The summed E-state index contributed by atoms with van der Waals surface area (Å²) in [6, 6.07) is 13.5. The predicted molar refractivity (Wildman–Crippen MR) is 103 cm³/mol. The van der Waals surface area contributed by atoms with Crippen LogP contribution in [0.3, 0.4) is 0 Å². The molecule has 0 radical (unpaired) electrons. The topological polar surface area (TPSA) is 71.1 Å². The summed E-state index contributed by atoms with van der Waals surface area (Å²) in [4.78, 5) is 28.7. The van der Waals surface area contributed by atoms with E-state index < -0.39 is 17.6 Å². The van der Waals surface area contributed by atoms with Gasteiger partial charge in [0.15, 0.2) is 0 Å². The lowest BCUT2D eigenvalue weighted by Crippen LogP contribution is -2.17. The fourth-order valence-electron chi connectivity index (χ4n) is 2.33. The molecule has 2 N–H and O–H groups in total. The second-order valence-electron chi connectivity index (χ2n) is 5.81. The van der Waals surface area contributed by atoms with Crippen molar-refractivity contribution >= 4 is 34.8 Å². The number of nitrogens with one attached hydrogen (secondary N) is 2. The van der Waals surface area contributed by atoms with Crippen LogP contribution in [0.15, 0.2) is 60.8 Å². The first kappa shape index (κ1) is 18.5. The Morgan fingerprint density at radius 2 is 1.70 bits per heavy atom. The summed E-state index contributed by atoms with van der Waals surface area (Å²) in [5, 5.41) is 5.79. The van der Waals surface area contributed by atoms with Crippen molar-refractivity contribution in [2.24, 2.45) is 0 Å². The number of aromatic nitrogens is 1. The molecule has 7 heteroatoms. The Bertz CT molecular complexity index is 1020. The highest BCUT2D eigenvalue weighted by Crippen LogP contribution is 2.20. The molecule has 0 saturated carbocycles. The minimum atomic E-state index is -0.477. The molecule has 5 nitrogen and oxygen atoms in total. The molecule has 3 aromatic rings. The molecule has 1 aromatic heterocycles. The number of pyridine rings is 1. The van der Waals surface area contributed by atoms with Crippen molar-refractivity contribution in [3.05, 3.63) is 88.5 Å². The van der Waals surface area contributed by atoms with Crippen molar-refractivity contribution < 1.29 is 14.0 Å². The third kappa shape index (κ3) is 4.68. The zero-order chi connectivity index (χ0) is 19.4. The van der Waals surface area contributed by atoms with Crippen molar-refractivity contribution in [1.29, 1.82) is 0 Å². The molecule has 0 aliphatic heterocycles. The molecule has 0 atom stereocenters. The van der Waals surface area contributed by atoms with Crippen LogP contribution in [0.4, 0.5) is 15.8 Å². The third-order valence-electron chi connectivity index (χ3n) is 3.77. The summed E-state index contributed by atoms with van der Waals surface area (Å²) < 4.78 is 13.2. The predicted octanol–water partition coefficient (Wildman–Crippen LogP) is 4.69. The van der Waals surface area contributed by atoms with Crippen LogP contribution in [0.1, 0.15) is 26.4 Å². The number of hydrogen-bond acceptors (Lipinski definition) is 3. The van der Waals surface area contributed by atoms with E-state index in [1.54, 1.807) is 24.3 Å². The van der Waals surface area contributed by atoms with E-state index in [2.05, 4.69) is 15.6 Å². The number of hydrogen-bond donors (Lipinski definition) is 2. The zero-order valence-electron chi connectivity index (χ0n) is 14.3. The molecular formula is C20H15ClFN3O2. The number of nitrogens with zero attached hydrogens (tertiary/aromatic N) is 1. The Balaban J connectivity index is 1.75. The molecule has 136 valence electrons. The second-order valence-corrected chi connectivity index (χ2v) is 6.22. The normalized spacial score (nSPS) is 10.3. The maximum atomic E-state index is 13.2. The smallest absolute Gasteiger partial charge is 0.274 e. The van der Waals surface area contributed by atoms with E-state index in [4.69, 9.17) is 11.6 Å². The number of carbonyl (C=O) groups is 2. The number of amides is 2. The first-order valence-electron chi connectivity index (χ1n) is 8.03. The van der Waals surface area contributed by atoms with Gasteiger partial charge in [-0.1, -0.05) is 23.7 Å². The number of benzene rings is 2. The van der Waals surface area contributed by atoms with Crippen LogP contribution >= 0.6 is 11.6 Å². The van der Waals surface area contributed by atoms with Crippen LogP contribution in [0.25, 0.3) is 0 Å². The SMILES string of the molecule is Cc1ccc(NC(=O)c2cc(C(=O)Nc3cccc(F)c3)ccn2)cc1Cl. The molecule has 27 heavy (non-hydrogen) atoms. The van der Waals surface area contributed by atoms with E-state index in [0.717, 1.165) is 5.56 Å². The quantitative estimate of drug-likeness (QED) is 0.686. The van der Waals surface area contributed by atoms with E-state index in [1.807, 2.05) is 6.92 Å². The summed E-state index contributed by atoms with van der Waals surface area (Å²) in [7, 11) is 0. The summed E-state index contributed by atoms with van der Waals surface area (Å²) in [5.41, 5.74) is 2.02. The lowest BCUT2D eigenvalue weighted by molar-refractivity contribution is 0.102. The molecule has 0 aliphatic carbocycles. The van der Waals surface area contributed by atoms with E-state index in [9.17, 15) is 14.0 Å². The number of halogens is 2. The Labute approximate surface area is 160 Å². The van der Waals surface area contributed by atoms with Crippen molar-refractivity contribution in [2.45, 2.75) is 6.92 Å². The molecule has 2 amide bonds. The van der Waals surface area contributed by atoms with E-state index in [1.165, 1.54) is 36.5 Å². The molecule has 2 aromatic carbocycles. The van der Waals surface area contributed by atoms with Crippen molar-refractivity contribution in [1.82, 2.24) is 4.98 Å². The summed E-state index contributed by atoms with van der Waals surface area (Å²) in [6.07, 6.45) is 1.36. The van der Waals surface area contributed by atoms with Gasteiger partial charge in [-0.15, -0.1) is 0 Å².